The molecule has 0 bridgehead atoms. The molecule has 5 atom stereocenters. The number of aromatic hydroxyl groups is 1. The zero-order chi connectivity index (χ0) is 26.9. The Labute approximate surface area is 211 Å². The number of benzene rings is 1. The molecule has 3 aliphatic carbocycles. The maximum absolute atomic E-state index is 13.8. The predicted molar refractivity (Wildman–Crippen MR) is 132 cm³/mol. The molecule has 3 aliphatic rings. The van der Waals surface area contributed by atoms with Crippen molar-refractivity contribution in [2.24, 2.45) is 23.5 Å². The lowest BCUT2D eigenvalue weighted by Gasteiger charge is -2.49. The Kier molecular flexibility index (Phi) is 5.54. The van der Waals surface area contributed by atoms with Crippen molar-refractivity contribution < 1.29 is 34.8 Å². The van der Waals surface area contributed by atoms with Crippen LogP contribution < -0.4 is 5.73 Å². The number of likely N-dealkylation sites (N-methyl/N-ethyl adjacent to an activating group) is 1. The number of aliphatic hydroxyl groups excluding tert-OH is 3. The summed E-state index contributed by atoms with van der Waals surface area (Å²) in [6.45, 7) is 4.06. The van der Waals surface area contributed by atoms with E-state index in [4.69, 9.17) is 5.73 Å². The Morgan fingerprint density at radius 3 is 2.30 bits per heavy atom. The van der Waals surface area contributed by atoms with E-state index in [1.54, 1.807) is 44.4 Å². The molecule has 37 heavy (non-hydrogen) atoms. The third kappa shape index (κ3) is 3.26. The van der Waals surface area contributed by atoms with Gasteiger partial charge in [0.1, 0.15) is 22.8 Å². The van der Waals surface area contributed by atoms with Crippen LogP contribution in [-0.2, 0) is 9.59 Å². The summed E-state index contributed by atoms with van der Waals surface area (Å²) in [5.74, 6) is -8.37. The minimum absolute atomic E-state index is 0.141. The Morgan fingerprint density at radius 2 is 1.70 bits per heavy atom. The van der Waals surface area contributed by atoms with Gasteiger partial charge in [-0.3, -0.25) is 24.3 Å². The van der Waals surface area contributed by atoms with E-state index in [1.807, 2.05) is 0 Å². The Bertz CT molecular complexity index is 1460. The largest absolute Gasteiger partial charge is 0.511 e. The topological polar surface area (TPSA) is 174 Å². The quantitative estimate of drug-likeness (QED) is 0.389. The van der Waals surface area contributed by atoms with E-state index in [0.717, 1.165) is 0 Å². The highest BCUT2D eigenvalue weighted by Crippen LogP contribution is 2.54. The van der Waals surface area contributed by atoms with Crippen molar-refractivity contribution >= 4 is 23.0 Å². The van der Waals surface area contributed by atoms with Gasteiger partial charge in [-0.25, -0.2) is 0 Å². The standard InChI is InChI=1S/C27H25N3O7/c1-10-11-7-8-12(13-6-4-5-9-29-13)21(31)15(11)23(33)17-14(10)22(32)16-18(24(17)34)25(35)19(27(28)37)26(36)20(16)30(2)3/h4-9,14,16,18,20,22,31-32,34,36H,1H2,2-3H3,(H2,28,37)/t14-,16-,18?,20+,22+/m1/s1. The first kappa shape index (κ1) is 24.4. The summed E-state index contributed by atoms with van der Waals surface area (Å²) in [5.41, 5.74) is 5.46. The van der Waals surface area contributed by atoms with Crippen molar-refractivity contribution in [2.45, 2.75) is 12.1 Å². The monoisotopic (exact) mass is 503 g/mol. The fourth-order valence-corrected chi connectivity index (χ4v) is 5.97. The number of hydrogen-bond donors (Lipinski definition) is 5. The number of carbonyl (C=O) groups excluding carboxylic acids is 3. The van der Waals surface area contributed by atoms with Gasteiger partial charge < -0.3 is 26.2 Å². The number of phenolic OH excluding ortho intramolecular Hbond substituents is 1. The average molecular weight is 504 g/mol. The van der Waals surface area contributed by atoms with Crippen LogP contribution in [0.15, 0.2) is 65.8 Å². The summed E-state index contributed by atoms with van der Waals surface area (Å²) in [5, 5.41) is 44.9. The van der Waals surface area contributed by atoms with E-state index in [0.29, 0.717) is 5.69 Å². The summed E-state index contributed by atoms with van der Waals surface area (Å²) >= 11 is 0. The van der Waals surface area contributed by atoms with Crippen LogP contribution in [-0.4, -0.2) is 74.0 Å². The van der Waals surface area contributed by atoms with Crippen molar-refractivity contribution in [1.82, 2.24) is 9.88 Å². The molecular formula is C27H25N3O7. The number of nitrogens with two attached hydrogens (primary N) is 1. The van der Waals surface area contributed by atoms with Gasteiger partial charge in [0.15, 0.2) is 11.6 Å². The maximum Gasteiger partial charge on any atom is 0.255 e. The molecule has 10 heteroatoms. The zero-order valence-electron chi connectivity index (χ0n) is 20.0. The SMILES string of the molecule is C=C1c2ccc(-c3ccccn3)c(O)c2C(=O)C2=C(O)C3C(=O)C(C(N)=O)=C(O)[C@@H](N(C)C)[C@@H]3[C@@H](O)[C@H]12. The van der Waals surface area contributed by atoms with E-state index in [9.17, 15) is 34.8 Å². The summed E-state index contributed by atoms with van der Waals surface area (Å²) in [6.07, 6.45) is 0.0811. The van der Waals surface area contributed by atoms with Crippen LogP contribution in [0.3, 0.4) is 0 Å². The number of ketones is 2. The molecular weight excluding hydrogens is 478 g/mol. The number of rotatable bonds is 3. The highest BCUT2D eigenvalue weighted by atomic mass is 16.3. The first-order valence-electron chi connectivity index (χ1n) is 11.5. The van der Waals surface area contributed by atoms with Crippen LogP contribution in [0, 0.1) is 17.8 Å². The molecule has 0 aliphatic heterocycles. The van der Waals surface area contributed by atoms with E-state index in [1.165, 1.54) is 11.1 Å². The van der Waals surface area contributed by atoms with Crippen LogP contribution in [0.25, 0.3) is 16.8 Å². The molecule has 0 saturated carbocycles. The number of Topliss-reactive ketones (excluding diaryl/α,β-unsaturated/α-hetero) is 2. The second kappa shape index (κ2) is 8.39. The Balaban J connectivity index is 1.74. The molecule has 5 rings (SSSR count). The molecule has 10 nitrogen and oxygen atoms in total. The number of aliphatic hydroxyl groups is 3. The molecule has 1 heterocycles. The van der Waals surface area contributed by atoms with Gasteiger partial charge in [0.2, 0.25) is 0 Å². The van der Waals surface area contributed by atoms with Gasteiger partial charge >= 0.3 is 0 Å². The first-order valence-corrected chi connectivity index (χ1v) is 11.5. The molecule has 2 aromatic rings. The highest BCUT2D eigenvalue weighted by Gasteiger charge is 2.59. The van der Waals surface area contributed by atoms with E-state index < -0.39 is 64.5 Å². The molecule has 1 aromatic carbocycles. The lowest BCUT2D eigenvalue weighted by molar-refractivity contribution is -0.130. The summed E-state index contributed by atoms with van der Waals surface area (Å²) in [4.78, 5) is 44.9. The molecule has 0 saturated heterocycles. The number of pyridine rings is 1. The van der Waals surface area contributed by atoms with Gasteiger partial charge in [-0.1, -0.05) is 18.7 Å². The van der Waals surface area contributed by atoms with Crippen molar-refractivity contribution in [3.8, 4) is 17.0 Å². The van der Waals surface area contributed by atoms with Crippen LogP contribution >= 0.6 is 0 Å². The normalized spacial score (nSPS) is 27.2. The van der Waals surface area contributed by atoms with Gasteiger partial charge in [0, 0.05) is 29.2 Å². The second-order valence-corrected chi connectivity index (χ2v) is 9.67. The van der Waals surface area contributed by atoms with Crippen LogP contribution in [0.2, 0.25) is 0 Å². The van der Waals surface area contributed by atoms with Crippen molar-refractivity contribution in [3.63, 3.8) is 0 Å². The fraction of sp³-hybridized carbons (Fsp3) is 0.259. The molecule has 1 unspecified atom stereocenters. The number of primary amides is 1. The van der Waals surface area contributed by atoms with Gasteiger partial charge in [0.05, 0.1) is 29.3 Å². The number of phenols is 1. The third-order valence-electron chi connectivity index (χ3n) is 7.55. The van der Waals surface area contributed by atoms with E-state index >= 15 is 0 Å². The minimum Gasteiger partial charge on any atom is -0.511 e. The van der Waals surface area contributed by atoms with Crippen LogP contribution in [0.5, 0.6) is 5.75 Å². The van der Waals surface area contributed by atoms with Crippen molar-refractivity contribution in [3.05, 3.63) is 76.9 Å². The van der Waals surface area contributed by atoms with Crippen LogP contribution in [0.4, 0.5) is 0 Å². The molecule has 1 amide bonds. The van der Waals surface area contributed by atoms with Crippen molar-refractivity contribution in [1.29, 1.82) is 0 Å². The first-order chi connectivity index (χ1) is 17.5. The number of fused-ring (bicyclic) bond motifs is 3. The van der Waals surface area contributed by atoms with Crippen molar-refractivity contribution in [2.75, 3.05) is 14.1 Å². The van der Waals surface area contributed by atoms with E-state index in [-0.39, 0.29) is 33.6 Å². The van der Waals surface area contributed by atoms with Gasteiger partial charge in [-0.15, -0.1) is 0 Å². The number of hydrogen-bond acceptors (Lipinski definition) is 9. The minimum atomic E-state index is -1.52. The van der Waals surface area contributed by atoms with Gasteiger partial charge in [-0.05, 0) is 43.4 Å². The molecule has 0 fully saturated rings. The van der Waals surface area contributed by atoms with Crippen LogP contribution in [0.1, 0.15) is 15.9 Å². The lowest BCUT2D eigenvalue weighted by Crippen LogP contribution is -2.58. The zero-order valence-corrected chi connectivity index (χ0v) is 20.0. The molecule has 0 spiro atoms. The number of nitrogens with zero attached hydrogens (tertiary/aromatic N) is 2. The number of aromatic nitrogens is 1. The number of amides is 1. The van der Waals surface area contributed by atoms with Gasteiger partial charge in [0.25, 0.3) is 5.91 Å². The highest BCUT2D eigenvalue weighted by molar-refractivity contribution is 6.23. The third-order valence-corrected chi connectivity index (χ3v) is 7.55. The summed E-state index contributed by atoms with van der Waals surface area (Å²) in [6, 6.07) is 7.19. The Hall–Kier alpha value is -4.28. The maximum atomic E-state index is 13.8. The summed E-state index contributed by atoms with van der Waals surface area (Å²) < 4.78 is 0. The molecule has 0 radical (unpaired) electrons. The molecule has 6 N–H and O–H groups in total. The average Bonchev–Trinajstić information content (AvgIpc) is 2.84. The predicted octanol–water partition coefficient (Wildman–Crippen LogP) is 1.51. The molecule has 190 valence electrons. The second-order valence-electron chi connectivity index (χ2n) is 9.67. The van der Waals surface area contributed by atoms with E-state index in [2.05, 4.69) is 11.6 Å². The fourth-order valence-electron chi connectivity index (χ4n) is 5.97. The molecule has 1 aromatic heterocycles. The van der Waals surface area contributed by atoms with Gasteiger partial charge in [-0.2, -0.15) is 0 Å². The Morgan fingerprint density at radius 1 is 1.03 bits per heavy atom. The number of allylic oxidation sites excluding steroid dienone is 1. The number of carbonyl (C=O) groups is 3. The smallest absolute Gasteiger partial charge is 0.255 e. The summed E-state index contributed by atoms with van der Waals surface area (Å²) in [7, 11) is 3.14. The lowest BCUT2D eigenvalue weighted by atomic mass is 9.58.